The third-order valence-corrected chi connectivity index (χ3v) is 3.90. The summed E-state index contributed by atoms with van der Waals surface area (Å²) < 4.78 is 5.41. The molecule has 0 amide bonds. The van der Waals surface area contributed by atoms with Crippen LogP contribution in [0, 0.1) is 0 Å². The van der Waals surface area contributed by atoms with Crippen molar-refractivity contribution in [2.24, 2.45) is 0 Å². The molecule has 2 unspecified atom stereocenters. The SMILES string of the molecule is C=C=C(CCCCC(=C=C)C(CCCC)OC(C)=O)C(O)CC. The number of aliphatic hydroxyl groups is 1. The second kappa shape index (κ2) is 13.0. The molecule has 0 heterocycles. The normalized spacial score (nSPS) is 12.7. The van der Waals surface area contributed by atoms with Gasteiger partial charge in [-0.3, -0.25) is 4.79 Å². The second-order valence-corrected chi connectivity index (χ2v) is 5.78. The number of hydrogen-bond acceptors (Lipinski definition) is 3. The molecular weight excluding hydrogens is 288 g/mol. The first kappa shape index (κ1) is 21.5. The maximum atomic E-state index is 11.3. The van der Waals surface area contributed by atoms with Crippen LogP contribution in [-0.4, -0.2) is 23.3 Å². The van der Waals surface area contributed by atoms with E-state index in [1.165, 1.54) is 6.92 Å². The fourth-order valence-electron chi connectivity index (χ4n) is 2.51. The quantitative estimate of drug-likeness (QED) is 0.317. The summed E-state index contributed by atoms with van der Waals surface area (Å²) >= 11 is 0. The van der Waals surface area contributed by atoms with Crippen molar-refractivity contribution in [3.05, 3.63) is 35.8 Å². The van der Waals surface area contributed by atoms with Crippen molar-refractivity contribution < 1.29 is 14.6 Å². The van der Waals surface area contributed by atoms with Crippen LogP contribution in [0.1, 0.15) is 72.1 Å². The van der Waals surface area contributed by atoms with Gasteiger partial charge in [-0.2, -0.15) is 0 Å². The van der Waals surface area contributed by atoms with E-state index in [1.54, 1.807) is 0 Å². The highest BCUT2D eigenvalue weighted by molar-refractivity contribution is 5.66. The summed E-state index contributed by atoms with van der Waals surface area (Å²) in [5.41, 5.74) is 7.64. The summed E-state index contributed by atoms with van der Waals surface area (Å²) in [5, 5.41) is 9.83. The Hall–Kier alpha value is -1.53. The first-order chi connectivity index (χ1) is 11.0. The fraction of sp³-hybridized carbons (Fsp3) is 0.650. The van der Waals surface area contributed by atoms with E-state index in [4.69, 9.17) is 4.74 Å². The van der Waals surface area contributed by atoms with Crippen LogP contribution in [0.25, 0.3) is 0 Å². The van der Waals surface area contributed by atoms with Gasteiger partial charge in [0, 0.05) is 12.5 Å². The van der Waals surface area contributed by atoms with Gasteiger partial charge in [0.1, 0.15) is 6.10 Å². The lowest BCUT2D eigenvalue weighted by molar-refractivity contribution is -0.145. The molecule has 0 aromatic carbocycles. The number of aliphatic hydroxyl groups excluding tert-OH is 1. The summed E-state index contributed by atoms with van der Waals surface area (Å²) in [5.74, 6) is -0.262. The van der Waals surface area contributed by atoms with Gasteiger partial charge >= 0.3 is 5.97 Å². The average Bonchev–Trinajstić information content (AvgIpc) is 2.54. The Bertz CT molecular complexity index is 452. The summed E-state index contributed by atoms with van der Waals surface area (Å²) in [7, 11) is 0. The molecule has 0 saturated heterocycles. The van der Waals surface area contributed by atoms with Gasteiger partial charge in [0.25, 0.3) is 0 Å². The molecule has 130 valence electrons. The molecule has 0 aliphatic rings. The molecule has 3 heteroatoms. The van der Waals surface area contributed by atoms with Gasteiger partial charge in [0.15, 0.2) is 0 Å². The molecule has 2 atom stereocenters. The zero-order valence-electron chi connectivity index (χ0n) is 15.0. The molecule has 0 aliphatic heterocycles. The van der Waals surface area contributed by atoms with Crippen molar-refractivity contribution in [1.29, 1.82) is 0 Å². The first-order valence-electron chi connectivity index (χ1n) is 8.62. The van der Waals surface area contributed by atoms with Gasteiger partial charge in [0.05, 0.1) is 6.10 Å². The largest absolute Gasteiger partial charge is 0.457 e. The van der Waals surface area contributed by atoms with Crippen LogP contribution in [0.3, 0.4) is 0 Å². The average molecular weight is 320 g/mol. The first-order valence-corrected chi connectivity index (χ1v) is 8.62. The molecule has 0 radical (unpaired) electrons. The number of carbonyl (C=O) groups excluding carboxylic acids is 1. The third kappa shape index (κ3) is 9.25. The summed E-state index contributed by atoms with van der Waals surface area (Å²) in [6, 6.07) is 0. The topological polar surface area (TPSA) is 46.5 Å². The van der Waals surface area contributed by atoms with Gasteiger partial charge in [-0.1, -0.05) is 33.4 Å². The van der Waals surface area contributed by atoms with E-state index < -0.39 is 6.10 Å². The number of esters is 1. The van der Waals surface area contributed by atoms with Crippen molar-refractivity contribution in [2.75, 3.05) is 0 Å². The van der Waals surface area contributed by atoms with Crippen LogP contribution in [0.15, 0.2) is 35.8 Å². The summed E-state index contributed by atoms with van der Waals surface area (Å²) in [6.07, 6.45) is 6.38. The molecule has 3 nitrogen and oxygen atoms in total. The van der Waals surface area contributed by atoms with E-state index in [2.05, 4.69) is 31.5 Å². The Morgan fingerprint density at radius 2 is 1.65 bits per heavy atom. The third-order valence-electron chi connectivity index (χ3n) is 3.90. The zero-order valence-corrected chi connectivity index (χ0v) is 15.0. The van der Waals surface area contributed by atoms with E-state index >= 15 is 0 Å². The Labute approximate surface area is 141 Å². The van der Waals surface area contributed by atoms with Crippen LogP contribution < -0.4 is 0 Å². The van der Waals surface area contributed by atoms with Crippen LogP contribution in [0.5, 0.6) is 0 Å². The van der Waals surface area contributed by atoms with Gasteiger partial charge in [-0.25, -0.2) is 0 Å². The maximum Gasteiger partial charge on any atom is 0.303 e. The minimum atomic E-state index is -0.444. The monoisotopic (exact) mass is 320 g/mol. The number of hydrogen-bond donors (Lipinski definition) is 1. The molecule has 23 heavy (non-hydrogen) atoms. The van der Waals surface area contributed by atoms with Crippen molar-refractivity contribution in [3.8, 4) is 0 Å². The lowest BCUT2D eigenvalue weighted by Crippen LogP contribution is -2.18. The molecule has 0 rings (SSSR count). The van der Waals surface area contributed by atoms with Crippen LogP contribution in [0.4, 0.5) is 0 Å². The predicted octanol–water partition coefficient (Wildman–Crippen LogP) is 4.86. The van der Waals surface area contributed by atoms with Crippen molar-refractivity contribution in [2.45, 2.75) is 84.3 Å². The lowest BCUT2D eigenvalue weighted by atomic mass is 9.96. The Balaban J connectivity index is 4.48. The molecule has 0 spiro atoms. The second-order valence-electron chi connectivity index (χ2n) is 5.78. The fourth-order valence-corrected chi connectivity index (χ4v) is 2.51. The molecule has 0 bridgehead atoms. The van der Waals surface area contributed by atoms with E-state index in [0.717, 1.165) is 56.1 Å². The van der Waals surface area contributed by atoms with E-state index in [0.29, 0.717) is 6.42 Å². The molecule has 0 aromatic rings. The zero-order chi connectivity index (χ0) is 17.7. The van der Waals surface area contributed by atoms with Gasteiger partial charge in [-0.15, -0.1) is 11.5 Å². The minimum Gasteiger partial charge on any atom is -0.457 e. The standard InChI is InChI=1S/C20H32O3/c1-6-10-15-20(23-16(5)21)18(8-3)14-12-11-13-17(7-2)19(22)9-4/h19-20,22H,2-3,6,9-15H2,1,4-5H3. The van der Waals surface area contributed by atoms with E-state index in [1.807, 2.05) is 6.92 Å². The highest BCUT2D eigenvalue weighted by atomic mass is 16.5. The molecule has 0 aliphatic carbocycles. The Kier molecular flexibility index (Phi) is 12.1. The number of ether oxygens (including phenoxy) is 1. The molecule has 0 saturated carbocycles. The molecule has 0 aromatic heterocycles. The minimum absolute atomic E-state index is 0.208. The van der Waals surface area contributed by atoms with Crippen LogP contribution in [0.2, 0.25) is 0 Å². The van der Waals surface area contributed by atoms with Gasteiger partial charge in [0.2, 0.25) is 0 Å². The maximum absolute atomic E-state index is 11.3. The van der Waals surface area contributed by atoms with Gasteiger partial charge < -0.3 is 9.84 Å². The van der Waals surface area contributed by atoms with E-state index in [9.17, 15) is 9.90 Å². The smallest absolute Gasteiger partial charge is 0.303 e. The lowest BCUT2D eigenvalue weighted by Gasteiger charge is -2.19. The van der Waals surface area contributed by atoms with Crippen molar-refractivity contribution in [1.82, 2.24) is 0 Å². The van der Waals surface area contributed by atoms with Crippen LogP contribution >= 0.6 is 0 Å². The van der Waals surface area contributed by atoms with Crippen LogP contribution in [-0.2, 0) is 9.53 Å². The van der Waals surface area contributed by atoms with Gasteiger partial charge in [-0.05, 0) is 50.5 Å². The Morgan fingerprint density at radius 3 is 2.09 bits per heavy atom. The Morgan fingerprint density at radius 1 is 1.09 bits per heavy atom. The molecule has 0 fully saturated rings. The van der Waals surface area contributed by atoms with E-state index in [-0.39, 0.29) is 12.1 Å². The number of carbonyl (C=O) groups is 1. The summed E-state index contributed by atoms with van der Waals surface area (Å²) in [4.78, 5) is 11.3. The highest BCUT2D eigenvalue weighted by Crippen LogP contribution is 2.21. The number of unbranched alkanes of at least 4 members (excludes halogenated alkanes) is 2. The number of rotatable bonds is 12. The van der Waals surface area contributed by atoms with Crippen molar-refractivity contribution >= 4 is 5.97 Å². The molecular formula is C20H32O3. The highest BCUT2D eigenvalue weighted by Gasteiger charge is 2.17. The molecule has 1 N–H and O–H groups in total. The predicted molar refractivity (Wildman–Crippen MR) is 95.2 cm³/mol. The van der Waals surface area contributed by atoms with Crippen molar-refractivity contribution in [3.63, 3.8) is 0 Å². The summed E-state index contributed by atoms with van der Waals surface area (Å²) in [6.45, 7) is 12.9.